The average Bonchev–Trinajstić information content (AvgIpc) is 2.94. The van der Waals surface area contributed by atoms with Crippen LogP contribution in [-0.4, -0.2) is 23.3 Å². The van der Waals surface area contributed by atoms with Crippen molar-refractivity contribution in [2.45, 2.75) is 26.8 Å². The maximum Gasteiger partial charge on any atom is 0.227 e. The van der Waals surface area contributed by atoms with Crippen LogP contribution in [0.1, 0.15) is 23.2 Å². The van der Waals surface area contributed by atoms with E-state index in [9.17, 15) is 9.59 Å². The number of nitrogens with zero attached hydrogens (tertiary/aromatic N) is 2. The molecular formula is C19H20ClN3O2. The fourth-order valence-corrected chi connectivity index (χ4v) is 3.60. The van der Waals surface area contributed by atoms with Gasteiger partial charge < -0.3 is 10.2 Å². The lowest BCUT2D eigenvalue weighted by Gasteiger charge is -2.21. The molecule has 0 saturated carbocycles. The number of carbonyl (C=O) groups is 2. The summed E-state index contributed by atoms with van der Waals surface area (Å²) >= 11 is 6.35. The highest BCUT2D eigenvalue weighted by molar-refractivity contribution is 6.34. The first-order chi connectivity index (χ1) is 12.0. The molecule has 6 heteroatoms. The summed E-state index contributed by atoms with van der Waals surface area (Å²) < 4.78 is 0. The van der Waals surface area contributed by atoms with Crippen LogP contribution in [0.5, 0.6) is 0 Å². The Balaban J connectivity index is 1.69. The zero-order valence-electron chi connectivity index (χ0n) is 14.3. The summed E-state index contributed by atoms with van der Waals surface area (Å²) in [5.41, 5.74) is 3.47. The maximum atomic E-state index is 12.4. The fraction of sp³-hybridized carbons (Fsp3) is 0.316. The third kappa shape index (κ3) is 3.82. The third-order valence-corrected chi connectivity index (χ3v) is 4.62. The molecule has 0 radical (unpaired) electrons. The van der Waals surface area contributed by atoms with E-state index in [2.05, 4.69) is 10.3 Å². The van der Waals surface area contributed by atoms with Crippen molar-refractivity contribution >= 4 is 29.1 Å². The topological polar surface area (TPSA) is 62.3 Å². The average molecular weight is 358 g/mol. The van der Waals surface area contributed by atoms with Crippen LogP contribution in [-0.2, 0) is 16.1 Å². The SMILES string of the molecule is Cc1cc(C)c(N2CC(C(=O)NCc3ccccn3)CC2=O)c(Cl)c1. The minimum Gasteiger partial charge on any atom is -0.350 e. The van der Waals surface area contributed by atoms with Gasteiger partial charge in [0, 0.05) is 19.2 Å². The monoisotopic (exact) mass is 357 g/mol. The van der Waals surface area contributed by atoms with E-state index >= 15 is 0 Å². The van der Waals surface area contributed by atoms with Gasteiger partial charge in [-0.3, -0.25) is 14.6 Å². The first-order valence-corrected chi connectivity index (χ1v) is 8.58. The van der Waals surface area contributed by atoms with Crippen molar-refractivity contribution in [3.63, 3.8) is 0 Å². The van der Waals surface area contributed by atoms with Crippen molar-refractivity contribution in [2.75, 3.05) is 11.4 Å². The number of carbonyl (C=O) groups excluding carboxylic acids is 2. The summed E-state index contributed by atoms with van der Waals surface area (Å²) in [5, 5.41) is 3.40. The lowest BCUT2D eigenvalue weighted by atomic mass is 10.1. The largest absolute Gasteiger partial charge is 0.350 e. The van der Waals surface area contributed by atoms with Gasteiger partial charge in [0.05, 0.1) is 28.9 Å². The maximum absolute atomic E-state index is 12.4. The minimum atomic E-state index is -0.381. The normalized spacial score (nSPS) is 17.0. The molecule has 2 aromatic rings. The van der Waals surface area contributed by atoms with Crippen LogP contribution in [0.2, 0.25) is 5.02 Å². The number of hydrogen-bond acceptors (Lipinski definition) is 3. The molecule has 1 fully saturated rings. The number of rotatable bonds is 4. The predicted molar refractivity (Wildman–Crippen MR) is 97.5 cm³/mol. The van der Waals surface area contributed by atoms with E-state index in [0.29, 0.717) is 23.8 Å². The van der Waals surface area contributed by atoms with Crippen LogP contribution >= 0.6 is 11.6 Å². The number of nitrogens with one attached hydrogen (secondary N) is 1. The van der Waals surface area contributed by atoms with Crippen LogP contribution in [0.4, 0.5) is 5.69 Å². The summed E-state index contributed by atoms with van der Waals surface area (Å²) in [6, 6.07) is 9.38. The van der Waals surface area contributed by atoms with Gasteiger partial charge >= 0.3 is 0 Å². The van der Waals surface area contributed by atoms with E-state index in [-0.39, 0.29) is 24.2 Å². The Kier molecular flexibility index (Phi) is 5.04. The molecule has 1 unspecified atom stereocenters. The van der Waals surface area contributed by atoms with Crippen molar-refractivity contribution in [2.24, 2.45) is 5.92 Å². The molecule has 130 valence electrons. The van der Waals surface area contributed by atoms with Gasteiger partial charge in [0.1, 0.15) is 0 Å². The van der Waals surface area contributed by atoms with Crippen LogP contribution < -0.4 is 10.2 Å². The Morgan fingerprint density at radius 1 is 1.36 bits per heavy atom. The highest BCUT2D eigenvalue weighted by atomic mass is 35.5. The van der Waals surface area contributed by atoms with Crippen LogP contribution in [0.15, 0.2) is 36.5 Å². The van der Waals surface area contributed by atoms with E-state index in [4.69, 9.17) is 11.6 Å². The zero-order valence-corrected chi connectivity index (χ0v) is 15.0. The van der Waals surface area contributed by atoms with Gasteiger partial charge in [-0.1, -0.05) is 23.7 Å². The Labute approximate surface area is 152 Å². The quantitative estimate of drug-likeness (QED) is 0.914. The molecule has 0 bridgehead atoms. The second kappa shape index (κ2) is 7.23. The standard InChI is InChI=1S/C19H20ClN3O2/c1-12-7-13(2)18(16(20)8-12)23-11-14(9-17(23)24)19(25)22-10-15-5-3-4-6-21-15/h3-8,14H,9-11H2,1-2H3,(H,22,25). The van der Waals surface area contributed by atoms with Gasteiger partial charge in [-0.15, -0.1) is 0 Å². The highest BCUT2D eigenvalue weighted by Gasteiger charge is 2.36. The van der Waals surface area contributed by atoms with Gasteiger partial charge in [0.2, 0.25) is 11.8 Å². The van der Waals surface area contributed by atoms with Crippen molar-refractivity contribution in [3.05, 3.63) is 58.4 Å². The van der Waals surface area contributed by atoms with E-state index in [1.807, 2.05) is 44.2 Å². The summed E-state index contributed by atoms with van der Waals surface area (Å²) in [6.45, 7) is 4.59. The molecule has 1 atom stereocenters. The number of anilines is 1. The molecule has 25 heavy (non-hydrogen) atoms. The van der Waals surface area contributed by atoms with Gasteiger partial charge in [-0.05, 0) is 43.2 Å². The molecule has 5 nitrogen and oxygen atoms in total. The molecule has 1 aromatic carbocycles. The Bertz CT molecular complexity index is 785. The lowest BCUT2D eigenvalue weighted by molar-refractivity contribution is -0.126. The fourth-order valence-electron chi connectivity index (χ4n) is 3.17. The second-order valence-electron chi connectivity index (χ2n) is 6.36. The smallest absolute Gasteiger partial charge is 0.227 e. The second-order valence-corrected chi connectivity index (χ2v) is 6.76. The number of halogens is 1. The Morgan fingerprint density at radius 3 is 2.84 bits per heavy atom. The van der Waals surface area contributed by atoms with Gasteiger partial charge in [-0.25, -0.2) is 0 Å². The molecule has 1 aromatic heterocycles. The van der Waals surface area contributed by atoms with Crippen molar-refractivity contribution < 1.29 is 9.59 Å². The third-order valence-electron chi connectivity index (χ3n) is 4.33. The first-order valence-electron chi connectivity index (χ1n) is 8.20. The minimum absolute atomic E-state index is 0.0770. The molecule has 2 amide bonds. The van der Waals surface area contributed by atoms with Crippen molar-refractivity contribution in [3.8, 4) is 0 Å². The van der Waals surface area contributed by atoms with Gasteiger partial charge in [0.15, 0.2) is 0 Å². The number of amides is 2. The predicted octanol–water partition coefficient (Wildman–Crippen LogP) is 3.02. The van der Waals surface area contributed by atoms with E-state index in [1.54, 1.807) is 11.1 Å². The number of aryl methyl sites for hydroxylation is 2. The lowest BCUT2D eigenvalue weighted by Crippen LogP contribution is -2.33. The van der Waals surface area contributed by atoms with Gasteiger partial charge in [-0.2, -0.15) is 0 Å². The number of pyridine rings is 1. The molecule has 3 rings (SSSR count). The van der Waals surface area contributed by atoms with E-state index in [0.717, 1.165) is 16.8 Å². The first kappa shape index (κ1) is 17.4. The molecule has 1 aliphatic rings. The Hall–Kier alpha value is -2.40. The number of hydrogen-bond donors (Lipinski definition) is 1. The molecule has 1 N–H and O–H groups in total. The van der Waals surface area contributed by atoms with Crippen molar-refractivity contribution in [1.29, 1.82) is 0 Å². The summed E-state index contributed by atoms with van der Waals surface area (Å²) in [6.07, 6.45) is 1.88. The van der Waals surface area contributed by atoms with Gasteiger partial charge in [0.25, 0.3) is 0 Å². The molecular weight excluding hydrogens is 338 g/mol. The van der Waals surface area contributed by atoms with Crippen LogP contribution in [0.25, 0.3) is 0 Å². The summed E-state index contributed by atoms with van der Waals surface area (Å²) in [4.78, 5) is 30.6. The summed E-state index contributed by atoms with van der Waals surface area (Å²) in [5.74, 6) is -0.595. The highest BCUT2D eigenvalue weighted by Crippen LogP contribution is 2.35. The van der Waals surface area contributed by atoms with Crippen LogP contribution in [0.3, 0.4) is 0 Å². The van der Waals surface area contributed by atoms with E-state index < -0.39 is 0 Å². The number of aromatic nitrogens is 1. The molecule has 0 aliphatic carbocycles. The van der Waals surface area contributed by atoms with Crippen LogP contribution in [0, 0.1) is 19.8 Å². The van der Waals surface area contributed by atoms with E-state index in [1.165, 1.54) is 0 Å². The molecule has 0 spiro atoms. The molecule has 2 heterocycles. The molecule has 1 aliphatic heterocycles. The Morgan fingerprint density at radius 2 is 2.16 bits per heavy atom. The molecule has 1 saturated heterocycles. The van der Waals surface area contributed by atoms with Crippen molar-refractivity contribution in [1.82, 2.24) is 10.3 Å². The summed E-state index contributed by atoms with van der Waals surface area (Å²) in [7, 11) is 0. The zero-order chi connectivity index (χ0) is 18.0. The number of benzene rings is 1.